The van der Waals surface area contributed by atoms with E-state index < -0.39 is 21.6 Å². The highest BCUT2D eigenvalue weighted by Gasteiger charge is 2.25. The number of hydrogen-bond acceptors (Lipinski definition) is 5. The molecule has 2 N–H and O–H groups in total. The summed E-state index contributed by atoms with van der Waals surface area (Å²) in [5, 5.41) is 2.56. The maximum atomic E-state index is 12.7. The van der Waals surface area contributed by atoms with Gasteiger partial charge in [-0.15, -0.1) is 0 Å². The van der Waals surface area contributed by atoms with Gasteiger partial charge < -0.3 is 14.8 Å². The number of ether oxygens (including phenoxy) is 2. The third kappa shape index (κ3) is 5.89. The van der Waals surface area contributed by atoms with Gasteiger partial charge in [-0.05, 0) is 57.5 Å². The zero-order valence-corrected chi connectivity index (χ0v) is 16.8. The molecular formula is C19H24N2O5S. The summed E-state index contributed by atoms with van der Waals surface area (Å²) in [4.78, 5) is 11.9. The first kappa shape index (κ1) is 20.6. The van der Waals surface area contributed by atoms with Gasteiger partial charge in [-0.1, -0.05) is 12.1 Å². The van der Waals surface area contributed by atoms with Crippen molar-refractivity contribution >= 4 is 16.1 Å². The molecule has 7 nitrogen and oxygen atoms in total. The molecule has 2 amide bonds. The number of carbonyl (C=O) groups is 1. The molecule has 2 aromatic carbocycles. The van der Waals surface area contributed by atoms with E-state index in [1.54, 1.807) is 64.1 Å². The smallest absolute Gasteiger partial charge is 0.329 e. The van der Waals surface area contributed by atoms with Crippen LogP contribution < -0.4 is 19.5 Å². The number of hydrogen-bond donors (Lipinski definition) is 2. The Morgan fingerprint density at radius 1 is 1.04 bits per heavy atom. The first-order valence-electron chi connectivity index (χ1n) is 8.28. The number of nitrogens with one attached hydrogen (secondary N) is 2. The van der Waals surface area contributed by atoms with E-state index in [-0.39, 0.29) is 10.6 Å². The fourth-order valence-electron chi connectivity index (χ4n) is 2.24. The van der Waals surface area contributed by atoms with Crippen molar-refractivity contribution in [3.8, 4) is 17.2 Å². The SMILES string of the molecule is COc1cccc(Oc2ccc(C)cc2S(=O)(=O)NC(=O)NC(C)(C)C)c1. The average molecular weight is 392 g/mol. The largest absolute Gasteiger partial charge is 0.497 e. The fraction of sp³-hybridized carbons (Fsp3) is 0.316. The molecular weight excluding hydrogens is 368 g/mol. The number of urea groups is 1. The van der Waals surface area contributed by atoms with E-state index in [2.05, 4.69) is 5.32 Å². The Morgan fingerprint density at radius 2 is 1.70 bits per heavy atom. The second-order valence-corrected chi connectivity index (χ2v) is 8.69. The third-order valence-corrected chi connectivity index (χ3v) is 4.73. The van der Waals surface area contributed by atoms with Crippen LogP contribution in [0.15, 0.2) is 47.4 Å². The summed E-state index contributed by atoms with van der Waals surface area (Å²) in [6, 6.07) is 10.7. The van der Waals surface area contributed by atoms with E-state index in [9.17, 15) is 13.2 Å². The Morgan fingerprint density at radius 3 is 2.33 bits per heavy atom. The van der Waals surface area contributed by atoms with Crippen molar-refractivity contribution in [3.05, 3.63) is 48.0 Å². The van der Waals surface area contributed by atoms with Crippen LogP contribution in [0.3, 0.4) is 0 Å². The normalized spacial score (nSPS) is 11.6. The molecule has 2 rings (SSSR count). The number of aryl methyl sites for hydroxylation is 1. The van der Waals surface area contributed by atoms with Crippen LogP contribution in [0.1, 0.15) is 26.3 Å². The number of rotatable bonds is 5. The molecule has 0 radical (unpaired) electrons. The number of carbonyl (C=O) groups excluding carboxylic acids is 1. The van der Waals surface area contributed by atoms with Gasteiger partial charge in [0.05, 0.1) is 7.11 Å². The molecule has 0 aliphatic heterocycles. The van der Waals surface area contributed by atoms with Gasteiger partial charge in [0, 0.05) is 11.6 Å². The van der Waals surface area contributed by atoms with Crippen molar-refractivity contribution in [2.24, 2.45) is 0 Å². The molecule has 0 saturated heterocycles. The lowest BCUT2D eigenvalue weighted by molar-refractivity contribution is 0.237. The molecule has 146 valence electrons. The highest BCUT2D eigenvalue weighted by atomic mass is 32.2. The standard InChI is InChI=1S/C19H24N2O5S/c1-13-9-10-16(26-15-8-6-7-14(12-15)25-5)17(11-13)27(23,24)21-18(22)20-19(2,3)4/h6-12H,1-5H3,(H2,20,21,22). The van der Waals surface area contributed by atoms with E-state index >= 15 is 0 Å². The summed E-state index contributed by atoms with van der Waals surface area (Å²) < 4.78 is 38.4. The molecule has 0 saturated carbocycles. The van der Waals surface area contributed by atoms with Crippen LogP contribution >= 0.6 is 0 Å². The summed E-state index contributed by atoms with van der Waals surface area (Å²) in [6.45, 7) is 7.01. The van der Waals surface area contributed by atoms with Crippen LogP contribution in [-0.4, -0.2) is 27.1 Å². The molecule has 0 unspecified atom stereocenters. The van der Waals surface area contributed by atoms with Crippen molar-refractivity contribution in [2.75, 3.05) is 7.11 Å². The Balaban J connectivity index is 2.35. The molecule has 27 heavy (non-hydrogen) atoms. The molecule has 0 aliphatic rings. The van der Waals surface area contributed by atoms with Crippen LogP contribution in [0.2, 0.25) is 0 Å². The maximum Gasteiger partial charge on any atom is 0.329 e. The molecule has 0 aliphatic carbocycles. The zero-order chi connectivity index (χ0) is 20.2. The molecule has 8 heteroatoms. The predicted octanol–water partition coefficient (Wildman–Crippen LogP) is 3.58. The lowest BCUT2D eigenvalue weighted by atomic mass is 10.1. The van der Waals surface area contributed by atoms with Crippen molar-refractivity contribution in [2.45, 2.75) is 38.1 Å². The molecule has 2 aromatic rings. The molecule has 0 atom stereocenters. The lowest BCUT2D eigenvalue weighted by Gasteiger charge is -2.21. The second kappa shape index (κ2) is 7.87. The van der Waals surface area contributed by atoms with Crippen molar-refractivity contribution < 1.29 is 22.7 Å². The van der Waals surface area contributed by atoms with Crippen LogP contribution in [0.4, 0.5) is 4.79 Å². The first-order chi connectivity index (χ1) is 12.5. The van der Waals surface area contributed by atoms with Gasteiger partial charge in [-0.25, -0.2) is 17.9 Å². The van der Waals surface area contributed by atoms with E-state index in [1.807, 2.05) is 4.72 Å². The summed E-state index contributed by atoms with van der Waals surface area (Å²) in [5.74, 6) is 1.09. The minimum absolute atomic E-state index is 0.102. The molecule has 0 aromatic heterocycles. The van der Waals surface area contributed by atoms with Gasteiger partial charge in [0.15, 0.2) is 0 Å². The number of methoxy groups -OCH3 is 1. The fourth-order valence-corrected chi connectivity index (χ4v) is 3.37. The third-order valence-electron chi connectivity index (χ3n) is 3.37. The average Bonchev–Trinajstić information content (AvgIpc) is 2.54. The van der Waals surface area contributed by atoms with Gasteiger partial charge in [0.2, 0.25) is 0 Å². The minimum Gasteiger partial charge on any atom is -0.497 e. The predicted molar refractivity (Wildman–Crippen MR) is 103 cm³/mol. The van der Waals surface area contributed by atoms with Crippen molar-refractivity contribution in [1.82, 2.24) is 10.0 Å². The number of benzene rings is 2. The van der Waals surface area contributed by atoms with Gasteiger partial charge in [-0.2, -0.15) is 0 Å². The number of sulfonamides is 1. The van der Waals surface area contributed by atoms with Crippen LogP contribution in [0, 0.1) is 6.92 Å². The Kier molecular flexibility index (Phi) is 6.00. The molecule has 0 spiro atoms. The van der Waals surface area contributed by atoms with E-state index in [4.69, 9.17) is 9.47 Å². The van der Waals surface area contributed by atoms with Gasteiger partial charge in [0.1, 0.15) is 22.1 Å². The monoisotopic (exact) mass is 392 g/mol. The zero-order valence-electron chi connectivity index (χ0n) is 16.0. The Hall–Kier alpha value is -2.74. The highest BCUT2D eigenvalue weighted by Crippen LogP contribution is 2.31. The van der Waals surface area contributed by atoms with Crippen LogP contribution in [0.25, 0.3) is 0 Å². The minimum atomic E-state index is -4.14. The van der Waals surface area contributed by atoms with Gasteiger partial charge >= 0.3 is 6.03 Å². The van der Waals surface area contributed by atoms with Gasteiger partial charge in [0.25, 0.3) is 10.0 Å². The topological polar surface area (TPSA) is 93.7 Å². The summed E-state index contributed by atoms with van der Waals surface area (Å²) >= 11 is 0. The van der Waals surface area contributed by atoms with Crippen LogP contribution in [0.5, 0.6) is 17.2 Å². The van der Waals surface area contributed by atoms with Crippen molar-refractivity contribution in [3.63, 3.8) is 0 Å². The van der Waals surface area contributed by atoms with Gasteiger partial charge in [-0.3, -0.25) is 0 Å². The van der Waals surface area contributed by atoms with Crippen molar-refractivity contribution in [1.29, 1.82) is 0 Å². The molecule has 0 heterocycles. The molecule has 0 fully saturated rings. The quantitative estimate of drug-likeness (QED) is 0.811. The molecule has 0 bridgehead atoms. The summed E-state index contributed by atoms with van der Waals surface area (Å²) in [6.07, 6.45) is 0. The first-order valence-corrected chi connectivity index (χ1v) is 9.76. The lowest BCUT2D eigenvalue weighted by Crippen LogP contribution is -2.48. The Bertz CT molecular complexity index is 933. The summed E-state index contributed by atoms with van der Waals surface area (Å²) in [5.41, 5.74) is 0.135. The number of amides is 2. The highest BCUT2D eigenvalue weighted by molar-refractivity contribution is 7.90. The maximum absolute atomic E-state index is 12.7. The van der Waals surface area contributed by atoms with E-state index in [1.165, 1.54) is 13.2 Å². The summed E-state index contributed by atoms with van der Waals surface area (Å²) in [7, 11) is -2.61. The van der Waals surface area contributed by atoms with E-state index in [0.29, 0.717) is 17.1 Å². The Labute approximate surface area is 159 Å². The van der Waals surface area contributed by atoms with Crippen LogP contribution in [-0.2, 0) is 10.0 Å². The van der Waals surface area contributed by atoms with E-state index in [0.717, 1.165) is 0 Å². The second-order valence-electron chi connectivity index (χ2n) is 7.04.